The van der Waals surface area contributed by atoms with Gasteiger partial charge in [0.05, 0.1) is 6.54 Å². The molecule has 1 amide bonds. The van der Waals surface area contributed by atoms with Crippen molar-refractivity contribution in [1.29, 1.82) is 0 Å². The lowest BCUT2D eigenvalue weighted by atomic mass is 10.1. The van der Waals surface area contributed by atoms with Gasteiger partial charge in [0.2, 0.25) is 0 Å². The van der Waals surface area contributed by atoms with Crippen LogP contribution in [0.5, 0.6) is 0 Å². The fourth-order valence-corrected chi connectivity index (χ4v) is 1.43. The minimum atomic E-state index is -0.133. The lowest BCUT2D eigenvalue weighted by Gasteiger charge is -2.34. The van der Waals surface area contributed by atoms with Gasteiger partial charge in [0.1, 0.15) is 0 Å². The minimum Gasteiger partial charge on any atom is -0.367 e. The quantitative estimate of drug-likeness (QED) is 0.462. The molecule has 1 fully saturated rings. The predicted molar refractivity (Wildman–Crippen MR) is 51.5 cm³/mol. The Balaban J connectivity index is 1.92. The molecule has 1 aliphatic rings. The van der Waals surface area contributed by atoms with Gasteiger partial charge < -0.3 is 9.64 Å². The van der Waals surface area contributed by atoms with Gasteiger partial charge in [-0.15, -0.1) is 0 Å². The van der Waals surface area contributed by atoms with Gasteiger partial charge in [-0.3, -0.25) is 4.79 Å². The van der Waals surface area contributed by atoms with E-state index < -0.39 is 0 Å². The van der Waals surface area contributed by atoms with Crippen LogP contribution in [0.3, 0.4) is 0 Å². The summed E-state index contributed by atoms with van der Waals surface area (Å²) in [6.07, 6.45) is 4.67. The molecule has 0 N–H and O–H groups in total. The number of likely N-dealkylation sites (N-methyl/N-ethyl adjacent to an activating group) is 1. The summed E-state index contributed by atoms with van der Waals surface area (Å²) in [7, 11) is 1.80. The third kappa shape index (κ3) is 2.99. The first-order valence-electron chi connectivity index (χ1n) is 5.12. The molecule has 1 aliphatic heterocycles. The predicted octanol–water partition coefficient (Wildman–Crippen LogP) is 1.42. The summed E-state index contributed by atoms with van der Waals surface area (Å²) in [6.45, 7) is 3.70. The number of carbonyl (C=O) groups is 1. The topological polar surface area (TPSA) is 29.5 Å². The summed E-state index contributed by atoms with van der Waals surface area (Å²) in [5.41, 5.74) is 0. The first-order valence-corrected chi connectivity index (χ1v) is 5.12. The molecular formula is C10H19NO2. The molecule has 0 bridgehead atoms. The van der Waals surface area contributed by atoms with E-state index in [9.17, 15) is 4.79 Å². The van der Waals surface area contributed by atoms with Crippen LogP contribution in [0.15, 0.2) is 0 Å². The Bertz CT molecular complexity index is 170. The van der Waals surface area contributed by atoms with Crippen molar-refractivity contribution in [1.82, 2.24) is 4.90 Å². The minimum absolute atomic E-state index is 0.133. The fraction of sp³-hybridized carbons (Fsp3) is 0.900. The van der Waals surface area contributed by atoms with Gasteiger partial charge in [-0.1, -0.05) is 26.2 Å². The Labute approximate surface area is 80.1 Å². The van der Waals surface area contributed by atoms with Crippen LogP contribution in [-0.2, 0) is 9.53 Å². The second-order valence-corrected chi connectivity index (χ2v) is 3.64. The van der Waals surface area contributed by atoms with Crippen LogP contribution in [0.1, 0.15) is 32.6 Å². The Kier molecular flexibility index (Phi) is 4.22. The van der Waals surface area contributed by atoms with Crippen LogP contribution in [0.25, 0.3) is 0 Å². The van der Waals surface area contributed by atoms with Gasteiger partial charge in [0, 0.05) is 13.7 Å². The molecule has 0 radical (unpaired) electrons. The van der Waals surface area contributed by atoms with Crippen molar-refractivity contribution in [2.45, 2.75) is 38.7 Å². The zero-order valence-electron chi connectivity index (χ0n) is 8.58. The number of ether oxygens (including phenoxy) is 1. The second-order valence-electron chi connectivity index (χ2n) is 3.64. The number of likely N-dealkylation sites (tertiary alicyclic amines) is 1. The monoisotopic (exact) mass is 185 g/mol. The molecule has 13 heavy (non-hydrogen) atoms. The van der Waals surface area contributed by atoms with Crippen molar-refractivity contribution < 1.29 is 9.53 Å². The van der Waals surface area contributed by atoms with E-state index in [4.69, 9.17) is 4.74 Å². The highest BCUT2D eigenvalue weighted by Crippen LogP contribution is 2.11. The van der Waals surface area contributed by atoms with Crippen LogP contribution in [0.4, 0.5) is 0 Å². The highest BCUT2D eigenvalue weighted by molar-refractivity contribution is 5.86. The number of unbranched alkanes of at least 4 members (excludes halogenated alkanes) is 3. The number of rotatable bonds is 6. The van der Waals surface area contributed by atoms with Crippen molar-refractivity contribution in [2.75, 3.05) is 20.2 Å². The molecule has 0 aromatic heterocycles. The van der Waals surface area contributed by atoms with Gasteiger partial charge in [-0.05, 0) is 6.42 Å². The Morgan fingerprint density at radius 1 is 1.46 bits per heavy atom. The highest BCUT2D eigenvalue weighted by atomic mass is 16.5. The average molecular weight is 185 g/mol. The molecule has 1 unspecified atom stereocenters. The molecule has 0 spiro atoms. The largest absolute Gasteiger partial charge is 0.367 e. The fourth-order valence-electron chi connectivity index (χ4n) is 1.43. The number of amides is 1. The summed E-state index contributed by atoms with van der Waals surface area (Å²) >= 11 is 0. The summed E-state index contributed by atoms with van der Waals surface area (Å²) < 4.78 is 5.42. The third-order valence-electron chi connectivity index (χ3n) is 2.41. The van der Waals surface area contributed by atoms with Crippen LogP contribution in [-0.4, -0.2) is 37.1 Å². The van der Waals surface area contributed by atoms with E-state index in [1.54, 1.807) is 11.9 Å². The van der Waals surface area contributed by atoms with Crippen LogP contribution >= 0.6 is 0 Å². The molecule has 1 saturated heterocycles. The van der Waals surface area contributed by atoms with Gasteiger partial charge >= 0.3 is 0 Å². The number of carbonyl (C=O) groups excluding carboxylic acids is 1. The van der Waals surface area contributed by atoms with Crippen LogP contribution in [0, 0.1) is 0 Å². The van der Waals surface area contributed by atoms with Crippen molar-refractivity contribution in [3.63, 3.8) is 0 Å². The van der Waals surface area contributed by atoms with E-state index >= 15 is 0 Å². The van der Waals surface area contributed by atoms with Crippen molar-refractivity contribution in [2.24, 2.45) is 0 Å². The van der Waals surface area contributed by atoms with E-state index in [2.05, 4.69) is 6.92 Å². The molecular weight excluding hydrogens is 166 g/mol. The summed E-state index contributed by atoms with van der Waals surface area (Å²) in [6, 6.07) is 0. The van der Waals surface area contributed by atoms with Gasteiger partial charge in [-0.25, -0.2) is 0 Å². The number of β-lactam (4-membered cyclic amide) rings is 1. The Hall–Kier alpha value is -0.570. The van der Waals surface area contributed by atoms with Crippen molar-refractivity contribution >= 4 is 5.91 Å². The van der Waals surface area contributed by atoms with E-state index in [1.165, 1.54) is 19.3 Å². The standard InChI is InChI=1S/C10H19NO2/c1-3-4-5-6-7-13-9-8-11(2)10(9)12/h9H,3-8H2,1-2H3. The summed E-state index contributed by atoms with van der Waals surface area (Å²) in [4.78, 5) is 12.8. The first-order chi connectivity index (χ1) is 6.25. The highest BCUT2D eigenvalue weighted by Gasteiger charge is 2.34. The maximum atomic E-state index is 11.1. The molecule has 0 saturated carbocycles. The summed E-state index contributed by atoms with van der Waals surface area (Å²) in [5, 5.41) is 0. The van der Waals surface area contributed by atoms with Crippen molar-refractivity contribution in [3.05, 3.63) is 0 Å². The lowest BCUT2D eigenvalue weighted by Crippen LogP contribution is -2.55. The van der Waals surface area contributed by atoms with Crippen LogP contribution in [0.2, 0.25) is 0 Å². The normalized spacial score (nSPS) is 21.8. The maximum Gasteiger partial charge on any atom is 0.253 e. The average Bonchev–Trinajstić information content (AvgIpc) is 2.15. The van der Waals surface area contributed by atoms with E-state index in [0.717, 1.165) is 19.6 Å². The number of hydrogen-bond acceptors (Lipinski definition) is 2. The Morgan fingerprint density at radius 2 is 2.23 bits per heavy atom. The zero-order chi connectivity index (χ0) is 9.68. The third-order valence-corrected chi connectivity index (χ3v) is 2.41. The molecule has 0 aliphatic carbocycles. The molecule has 3 nitrogen and oxygen atoms in total. The van der Waals surface area contributed by atoms with Gasteiger partial charge in [-0.2, -0.15) is 0 Å². The van der Waals surface area contributed by atoms with Crippen LogP contribution < -0.4 is 0 Å². The first kappa shape index (κ1) is 10.5. The molecule has 0 aromatic carbocycles. The zero-order valence-corrected chi connectivity index (χ0v) is 8.58. The summed E-state index contributed by atoms with van der Waals surface area (Å²) in [5.74, 6) is 0.135. The number of nitrogens with zero attached hydrogens (tertiary/aromatic N) is 1. The SMILES string of the molecule is CCCCCCOC1CN(C)C1=O. The molecule has 1 rings (SSSR count). The van der Waals surface area contributed by atoms with Crippen molar-refractivity contribution in [3.8, 4) is 0 Å². The van der Waals surface area contributed by atoms with E-state index in [-0.39, 0.29) is 12.0 Å². The second kappa shape index (κ2) is 5.22. The lowest BCUT2D eigenvalue weighted by molar-refractivity contribution is -0.159. The van der Waals surface area contributed by atoms with Gasteiger partial charge in [0.25, 0.3) is 5.91 Å². The van der Waals surface area contributed by atoms with E-state index in [0.29, 0.717) is 0 Å². The Morgan fingerprint density at radius 3 is 2.77 bits per heavy atom. The molecule has 76 valence electrons. The molecule has 1 atom stereocenters. The smallest absolute Gasteiger partial charge is 0.253 e. The molecule has 0 aromatic rings. The molecule has 1 heterocycles. The number of hydrogen-bond donors (Lipinski definition) is 0. The molecule has 3 heteroatoms. The van der Waals surface area contributed by atoms with E-state index in [1.807, 2.05) is 0 Å². The van der Waals surface area contributed by atoms with Gasteiger partial charge in [0.15, 0.2) is 6.10 Å². The maximum absolute atomic E-state index is 11.1.